The van der Waals surface area contributed by atoms with Crippen LogP contribution in [0, 0.1) is 13.8 Å². The van der Waals surface area contributed by atoms with Crippen molar-refractivity contribution >= 4 is 17.5 Å². The first-order valence-corrected chi connectivity index (χ1v) is 12.2. The summed E-state index contributed by atoms with van der Waals surface area (Å²) in [6.45, 7) is 12.9. The molecule has 1 aliphatic rings. The second-order valence-electron chi connectivity index (χ2n) is 8.74. The first kappa shape index (κ1) is 24.3. The molecule has 2 aromatic carbocycles. The summed E-state index contributed by atoms with van der Waals surface area (Å²) in [6.07, 6.45) is 4.18. The van der Waals surface area contributed by atoms with Crippen LogP contribution in [0.15, 0.2) is 48.8 Å². The van der Waals surface area contributed by atoms with Crippen molar-refractivity contribution in [1.29, 1.82) is 0 Å². The largest absolute Gasteiger partial charge is 0.357 e. The van der Waals surface area contributed by atoms with Crippen molar-refractivity contribution in [1.82, 2.24) is 24.6 Å². The number of nitrogens with one attached hydrogen (secondary N) is 2. The van der Waals surface area contributed by atoms with Gasteiger partial charge < -0.3 is 15.2 Å². The maximum Gasteiger partial charge on any atom is 0.252 e. The third-order valence-corrected chi connectivity index (χ3v) is 6.30. The summed E-state index contributed by atoms with van der Waals surface area (Å²) in [5.74, 6) is 1.36. The minimum atomic E-state index is -0.0134. The van der Waals surface area contributed by atoms with Gasteiger partial charge in [0.15, 0.2) is 5.82 Å². The monoisotopic (exact) mass is 470 g/mol. The lowest BCUT2D eigenvalue weighted by Gasteiger charge is -2.12. The molecule has 0 saturated carbocycles. The van der Waals surface area contributed by atoms with Crippen molar-refractivity contribution in [2.45, 2.75) is 54.1 Å². The normalized spacial score (nSPS) is 14.3. The van der Waals surface area contributed by atoms with Crippen LogP contribution in [-0.4, -0.2) is 25.2 Å². The van der Waals surface area contributed by atoms with E-state index in [2.05, 4.69) is 58.8 Å². The molecule has 4 aromatic rings. The summed E-state index contributed by atoms with van der Waals surface area (Å²) in [4.78, 5) is 17.0. The summed E-state index contributed by atoms with van der Waals surface area (Å²) in [5.41, 5.74) is 8.25. The molecule has 5 rings (SSSR count). The molecule has 0 spiro atoms. The van der Waals surface area contributed by atoms with E-state index in [9.17, 15) is 4.79 Å². The maximum absolute atomic E-state index is 12.1. The van der Waals surface area contributed by atoms with E-state index in [4.69, 9.17) is 10.1 Å². The quantitative estimate of drug-likeness (QED) is 0.366. The second kappa shape index (κ2) is 9.78. The predicted molar refractivity (Wildman–Crippen MR) is 142 cm³/mol. The molecule has 2 N–H and O–H groups in total. The van der Waals surface area contributed by atoms with Gasteiger partial charge in [0.2, 0.25) is 5.95 Å². The zero-order chi connectivity index (χ0) is 25.3. The molecule has 0 radical (unpaired) electrons. The van der Waals surface area contributed by atoms with Crippen LogP contribution >= 0.6 is 0 Å². The molecule has 0 aliphatic carbocycles. The van der Waals surface area contributed by atoms with E-state index < -0.39 is 0 Å². The van der Waals surface area contributed by atoms with Crippen molar-refractivity contribution < 1.29 is 4.79 Å². The zero-order valence-corrected chi connectivity index (χ0v) is 21.6. The Labute approximate surface area is 207 Å². The van der Waals surface area contributed by atoms with E-state index in [0.717, 1.165) is 27.9 Å². The van der Waals surface area contributed by atoms with Crippen LogP contribution in [0.3, 0.4) is 0 Å². The number of benzene rings is 2. The topological polar surface area (TPSA) is 76.8 Å². The number of hydrogen-bond donors (Lipinski definition) is 2. The Morgan fingerprint density at radius 3 is 2.46 bits per heavy atom. The lowest BCUT2D eigenvalue weighted by Crippen LogP contribution is -2.16. The van der Waals surface area contributed by atoms with Crippen molar-refractivity contribution in [3.8, 4) is 22.5 Å². The highest BCUT2D eigenvalue weighted by Crippen LogP contribution is 2.32. The third-order valence-electron chi connectivity index (χ3n) is 6.30. The summed E-state index contributed by atoms with van der Waals surface area (Å²) in [7, 11) is 2.03. The highest BCUT2D eigenvalue weighted by atomic mass is 16.2. The first-order valence-electron chi connectivity index (χ1n) is 12.2. The predicted octanol–water partition coefficient (Wildman–Crippen LogP) is 6.16. The lowest BCUT2D eigenvalue weighted by molar-refractivity contribution is 0.0958. The first-order chi connectivity index (χ1) is 16.8. The SMILES string of the molecule is CC.CCn1nc(-c2ccc(-c3ccn(C)c3)c(C)c2)nc1Nc1cc2c(cc1C)C(=O)NC2C. The highest BCUT2D eigenvalue weighted by molar-refractivity contribution is 6.00. The van der Waals surface area contributed by atoms with Gasteiger partial charge in [0.25, 0.3) is 5.91 Å². The van der Waals surface area contributed by atoms with Crippen molar-refractivity contribution in [3.05, 3.63) is 71.0 Å². The maximum atomic E-state index is 12.1. The Morgan fingerprint density at radius 2 is 1.80 bits per heavy atom. The summed E-state index contributed by atoms with van der Waals surface area (Å²) >= 11 is 0. The van der Waals surface area contributed by atoms with E-state index in [-0.39, 0.29) is 11.9 Å². The number of hydrogen-bond acceptors (Lipinski definition) is 4. The van der Waals surface area contributed by atoms with Gasteiger partial charge in [-0.2, -0.15) is 4.98 Å². The van der Waals surface area contributed by atoms with Gasteiger partial charge in [-0.3, -0.25) is 4.79 Å². The number of rotatable bonds is 5. The molecule has 35 heavy (non-hydrogen) atoms. The molecule has 1 amide bonds. The van der Waals surface area contributed by atoms with Crippen LogP contribution in [0.1, 0.15) is 60.8 Å². The molecule has 1 unspecified atom stereocenters. The summed E-state index contributed by atoms with van der Waals surface area (Å²) in [6, 6.07) is 12.5. The average molecular weight is 471 g/mol. The van der Waals surface area contributed by atoms with E-state index >= 15 is 0 Å². The molecule has 1 aliphatic heterocycles. The highest BCUT2D eigenvalue weighted by Gasteiger charge is 2.26. The van der Waals surface area contributed by atoms with Crippen molar-refractivity contribution in [2.75, 3.05) is 5.32 Å². The van der Waals surface area contributed by atoms with Gasteiger partial charge in [-0.1, -0.05) is 26.0 Å². The van der Waals surface area contributed by atoms with Gasteiger partial charge >= 0.3 is 0 Å². The number of nitrogens with zero attached hydrogens (tertiary/aromatic N) is 4. The smallest absolute Gasteiger partial charge is 0.252 e. The van der Waals surface area contributed by atoms with Gasteiger partial charge in [0, 0.05) is 42.8 Å². The number of fused-ring (bicyclic) bond motifs is 1. The fourth-order valence-electron chi connectivity index (χ4n) is 4.45. The number of aromatic nitrogens is 4. The Balaban J connectivity index is 0.00000141. The van der Waals surface area contributed by atoms with Gasteiger partial charge in [-0.05, 0) is 79.8 Å². The molecule has 182 valence electrons. The van der Waals surface area contributed by atoms with E-state index in [0.29, 0.717) is 18.3 Å². The van der Waals surface area contributed by atoms with Crippen molar-refractivity contribution in [3.63, 3.8) is 0 Å². The van der Waals surface area contributed by atoms with Crippen LogP contribution in [0.5, 0.6) is 0 Å². The van der Waals surface area contributed by atoms with E-state index in [1.165, 1.54) is 16.7 Å². The standard InChI is InChI=1S/C26H28N6O.C2H6/c1-6-32-26(28-23-13-21-17(4)27-25(33)22(21)12-16(23)3)29-24(30-32)18-7-8-20(15(2)11-18)19-9-10-31(5)14-19;1-2/h7-14,17H,6H2,1-5H3,(H,27,33)(H,28,29,30);1-2H3. The summed E-state index contributed by atoms with van der Waals surface area (Å²) in [5, 5.41) is 11.2. The molecule has 0 bridgehead atoms. The van der Waals surface area contributed by atoms with Crippen LogP contribution in [0.25, 0.3) is 22.5 Å². The fraction of sp³-hybridized carbons (Fsp3) is 0.321. The molecule has 2 aromatic heterocycles. The van der Waals surface area contributed by atoms with Crippen LogP contribution in [0.4, 0.5) is 11.6 Å². The number of aryl methyl sites for hydroxylation is 4. The average Bonchev–Trinajstić information content (AvgIpc) is 3.53. The van der Waals surface area contributed by atoms with Gasteiger partial charge in [-0.25, -0.2) is 4.68 Å². The minimum absolute atomic E-state index is 0.000592. The number of carbonyl (C=O) groups is 1. The fourth-order valence-corrected chi connectivity index (χ4v) is 4.45. The molecule has 7 heteroatoms. The van der Waals surface area contributed by atoms with E-state index in [1.54, 1.807) is 0 Å². The van der Waals surface area contributed by atoms with Crippen LogP contribution in [0.2, 0.25) is 0 Å². The lowest BCUT2D eigenvalue weighted by atomic mass is 10.0. The van der Waals surface area contributed by atoms with Gasteiger partial charge in [0.05, 0.1) is 6.04 Å². The Bertz CT molecular complexity index is 1380. The molecule has 1 atom stereocenters. The number of anilines is 2. The molecule has 0 saturated heterocycles. The van der Waals surface area contributed by atoms with Gasteiger partial charge in [-0.15, -0.1) is 5.10 Å². The van der Waals surface area contributed by atoms with Crippen LogP contribution < -0.4 is 10.6 Å². The third kappa shape index (κ3) is 4.58. The minimum Gasteiger partial charge on any atom is -0.357 e. The van der Waals surface area contributed by atoms with Gasteiger partial charge in [0.1, 0.15) is 0 Å². The Kier molecular flexibility index (Phi) is 6.78. The zero-order valence-electron chi connectivity index (χ0n) is 21.6. The van der Waals surface area contributed by atoms with E-state index in [1.807, 2.05) is 58.5 Å². The Hall–Kier alpha value is -3.87. The van der Waals surface area contributed by atoms with Crippen LogP contribution in [-0.2, 0) is 13.6 Å². The molecular formula is C28H34N6O. The molecule has 0 fully saturated rings. The summed E-state index contributed by atoms with van der Waals surface area (Å²) < 4.78 is 3.92. The Morgan fingerprint density at radius 1 is 1.03 bits per heavy atom. The second-order valence-corrected chi connectivity index (χ2v) is 8.74. The van der Waals surface area contributed by atoms with Crippen molar-refractivity contribution in [2.24, 2.45) is 7.05 Å². The molecule has 7 nitrogen and oxygen atoms in total. The number of carbonyl (C=O) groups excluding carboxylic acids is 1. The number of amides is 1. The molecule has 3 heterocycles. The molecular weight excluding hydrogens is 436 g/mol.